The first-order valence-corrected chi connectivity index (χ1v) is 10.1. The molecule has 1 saturated heterocycles. The number of nitrogens with one attached hydrogen (secondary N) is 2. The highest BCUT2D eigenvalue weighted by molar-refractivity contribution is 9.10. The molecule has 0 spiro atoms. The van der Waals surface area contributed by atoms with Crippen molar-refractivity contribution < 1.29 is 18.8 Å². The van der Waals surface area contributed by atoms with Gasteiger partial charge in [-0.3, -0.25) is 14.4 Å². The van der Waals surface area contributed by atoms with E-state index in [1.807, 2.05) is 6.07 Å². The maximum absolute atomic E-state index is 12.9. The van der Waals surface area contributed by atoms with Crippen molar-refractivity contribution in [2.45, 2.75) is 18.9 Å². The van der Waals surface area contributed by atoms with Crippen molar-refractivity contribution in [3.8, 4) is 0 Å². The standard InChI is InChI=1S/C21H21BrFN3O3/c22-16-4-1-3-15(13-16)21(29)26-12-2-5-18(26)20(28)25-11-10-24-19(27)14-6-8-17(23)9-7-14/h1,3-4,6-9,13,18H,2,5,10-12H2,(H,24,27)(H,25,28)/t18-/m1/s1. The lowest BCUT2D eigenvalue weighted by Crippen LogP contribution is -2.47. The van der Waals surface area contributed by atoms with Gasteiger partial charge < -0.3 is 15.5 Å². The third kappa shape index (κ3) is 5.41. The van der Waals surface area contributed by atoms with Gasteiger partial charge in [0.2, 0.25) is 5.91 Å². The summed E-state index contributed by atoms with van der Waals surface area (Å²) in [5, 5.41) is 5.44. The van der Waals surface area contributed by atoms with E-state index in [-0.39, 0.29) is 30.8 Å². The molecule has 1 fully saturated rings. The van der Waals surface area contributed by atoms with Crippen LogP contribution in [-0.4, -0.2) is 48.3 Å². The fourth-order valence-corrected chi connectivity index (χ4v) is 3.65. The highest BCUT2D eigenvalue weighted by atomic mass is 79.9. The Hall–Kier alpha value is -2.74. The van der Waals surface area contributed by atoms with Crippen LogP contribution in [0.4, 0.5) is 4.39 Å². The van der Waals surface area contributed by atoms with Crippen molar-refractivity contribution in [3.05, 3.63) is 69.9 Å². The molecule has 1 heterocycles. The summed E-state index contributed by atoms with van der Waals surface area (Å²) in [6.07, 6.45) is 1.37. The number of carbonyl (C=O) groups is 3. The predicted molar refractivity (Wildman–Crippen MR) is 110 cm³/mol. The molecule has 2 N–H and O–H groups in total. The van der Waals surface area contributed by atoms with Gasteiger partial charge in [-0.15, -0.1) is 0 Å². The summed E-state index contributed by atoms with van der Waals surface area (Å²) in [5.41, 5.74) is 0.880. The molecule has 152 valence electrons. The van der Waals surface area contributed by atoms with Gasteiger partial charge in [-0.05, 0) is 55.3 Å². The second kappa shape index (κ2) is 9.65. The first-order chi connectivity index (χ1) is 14.0. The van der Waals surface area contributed by atoms with Gasteiger partial charge in [0.15, 0.2) is 0 Å². The zero-order chi connectivity index (χ0) is 20.8. The molecule has 1 atom stereocenters. The average Bonchev–Trinajstić information content (AvgIpc) is 3.21. The number of hydrogen-bond donors (Lipinski definition) is 2. The number of nitrogens with zero attached hydrogens (tertiary/aromatic N) is 1. The summed E-state index contributed by atoms with van der Waals surface area (Å²) in [6.45, 7) is 1.00. The Morgan fingerprint density at radius 2 is 1.76 bits per heavy atom. The Balaban J connectivity index is 1.49. The normalized spacial score (nSPS) is 15.8. The highest BCUT2D eigenvalue weighted by Crippen LogP contribution is 2.21. The van der Waals surface area contributed by atoms with Gasteiger partial charge in [-0.25, -0.2) is 4.39 Å². The van der Waals surface area contributed by atoms with Crippen LogP contribution in [0, 0.1) is 5.82 Å². The Kier molecular flexibility index (Phi) is 6.98. The summed E-state index contributed by atoms with van der Waals surface area (Å²) >= 11 is 3.35. The quantitative estimate of drug-likeness (QED) is 0.649. The number of benzene rings is 2. The number of hydrogen-bond acceptors (Lipinski definition) is 3. The average molecular weight is 462 g/mol. The van der Waals surface area contributed by atoms with E-state index in [4.69, 9.17) is 0 Å². The van der Waals surface area contributed by atoms with Gasteiger partial charge in [0.1, 0.15) is 11.9 Å². The van der Waals surface area contributed by atoms with E-state index in [0.717, 1.165) is 10.9 Å². The minimum Gasteiger partial charge on any atom is -0.353 e. The molecule has 2 aromatic rings. The highest BCUT2D eigenvalue weighted by Gasteiger charge is 2.34. The molecule has 0 aliphatic carbocycles. The molecule has 3 rings (SSSR count). The Labute approximate surface area is 176 Å². The number of halogens is 2. The second-order valence-corrected chi connectivity index (χ2v) is 7.64. The van der Waals surface area contributed by atoms with Crippen molar-refractivity contribution in [1.82, 2.24) is 15.5 Å². The molecule has 8 heteroatoms. The lowest BCUT2D eigenvalue weighted by molar-refractivity contribution is -0.124. The van der Waals surface area contributed by atoms with E-state index >= 15 is 0 Å². The number of rotatable bonds is 6. The first kappa shape index (κ1) is 21.0. The van der Waals surface area contributed by atoms with Crippen LogP contribution in [0.5, 0.6) is 0 Å². The minimum absolute atomic E-state index is 0.173. The molecule has 0 bridgehead atoms. The molecule has 29 heavy (non-hydrogen) atoms. The van der Waals surface area contributed by atoms with Crippen LogP contribution in [0.25, 0.3) is 0 Å². The monoisotopic (exact) mass is 461 g/mol. The van der Waals surface area contributed by atoms with E-state index in [2.05, 4.69) is 26.6 Å². The number of amides is 3. The molecular formula is C21H21BrFN3O3. The van der Waals surface area contributed by atoms with E-state index in [1.54, 1.807) is 23.1 Å². The van der Waals surface area contributed by atoms with Gasteiger partial charge in [0, 0.05) is 35.2 Å². The van der Waals surface area contributed by atoms with Crippen LogP contribution < -0.4 is 10.6 Å². The van der Waals surface area contributed by atoms with Crippen molar-refractivity contribution >= 4 is 33.7 Å². The smallest absolute Gasteiger partial charge is 0.254 e. The molecule has 0 unspecified atom stereocenters. The molecule has 0 radical (unpaired) electrons. The second-order valence-electron chi connectivity index (χ2n) is 6.72. The van der Waals surface area contributed by atoms with Crippen LogP contribution >= 0.6 is 15.9 Å². The third-order valence-corrected chi connectivity index (χ3v) is 5.20. The zero-order valence-electron chi connectivity index (χ0n) is 15.7. The van der Waals surface area contributed by atoms with Crippen LogP contribution in [0.1, 0.15) is 33.6 Å². The molecule has 1 aliphatic heterocycles. The molecule has 6 nitrogen and oxygen atoms in total. The van der Waals surface area contributed by atoms with Crippen molar-refractivity contribution in [1.29, 1.82) is 0 Å². The van der Waals surface area contributed by atoms with Gasteiger partial charge in [-0.1, -0.05) is 22.0 Å². The summed E-state index contributed by atoms with van der Waals surface area (Å²) < 4.78 is 13.7. The largest absolute Gasteiger partial charge is 0.353 e. The fraction of sp³-hybridized carbons (Fsp3) is 0.286. The van der Waals surface area contributed by atoms with Crippen molar-refractivity contribution in [2.75, 3.05) is 19.6 Å². The maximum Gasteiger partial charge on any atom is 0.254 e. The summed E-state index contributed by atoms with van der Waals surface area (Å²) in [7, 11) is 0. The first-order valence-electron chi connectivity index (χ1n) is 9.34. The zero-order valence-corrected chi connectivity index (χ0v) is 17.2. The number of likely N-dealkylation sites (tertiary alicyclic amines) is 1. The predicted octanol–water partition coefficient (Wildman–Crippen LogP) is 2.74. The van der Waals surface area contributed by atoms with E-state index in [9.17, 15) is 18.8 Å². The number of carbonyl (C=O) groups excluding carboxylic acids is 3. The molecule has 3 amide bonds. The van der Waals surface area contributed by atoms with E-state index in [1.165, 1.54) is 24.3 Å². The van der Waals surface area contributed by atoms with Crippen LogP contribution in [0.3, 0.4) is 0 Å². The van der Waals surface area contributed by atoms with Gasteiger partial charge in [0.25, 0.3) is 11.8 Å². The lowest BCUT2D eigenvalue weighted by atomic mass is 10.1. The molecule has 0 saturated carbocycles. The Morgan fingerprint density at radius 1 is 1.03 bits per heavy atom. The minimum atomic E-state index is -0.519. The Bertz CT molecular complexity index is 904. The van der Waals surface area contributed by atoms with Gasteiger partial charge >= 0.3 is 0 Å². The molecule has 2 aromatic carbocycles. The Morgan fingerprint density at radius 3 is 2.48 bits per heavy atom. The fourth-order valence-electron chi connectivity index (χ4n) is 3.25. The van der Waals surface area contributed by atoms with Crippen LogP contribution in [0.15, 0.2) is 53.0 Å². The molecular weight excluding hydrogens is 441 g/mol. The van der Waals surface area contributed by atoms with Crippen LogP contribution in [0.2, 0.25) is 0 Å². The topological polar surface area (TPSA) is 78.5 Å². The molecule has 0 aromatic heterocycles. The SMILES string of the molecule is O=C(NCCNC(=O)[C@H]1CCCN1C(=O)c1cccc(Br)c1)c1ccc(F)cc1. The van der Waals surface area contributed by atoms with Crippen LogP contribution in [-0.2, 0) is 4.79 Å². The summed E-state index contributed by atoms with van der Waals surface area (Å²) in [6, 6.07) is 11.8. The summed E-state index contributed by atoms with van der Waals surface area (Å²) in [5.74, 6) is -1.16. The summed E-state index contributed by atoms with van der Waals surface area (Å²) in [4.78, 5) is 38.9. The van der Waals surface area contributed by atoms with Gasteiger partial charge in [0.05, 0.1) is 0 Å². The van der Waals surface area contributed by atoms with Gasteiger partial charge in [-0.2, -0.15) is 0 Å². The van der Waals surface area contributed by atoms with Crippen molar-refractivity contribution in [2.24, 2.45) is 0 Å². The maximum atomic E-state index is 12.9. The van der Waals surface area contributed by atoms with E-state index in [0.29, 0.717) is 24.1 Å². The van der Waals surface area contributed by atoms with Crippen molar-refractivity contribution in [3.63, 3.8) is 0 Å². The lowest BCUT2D eigenvalue weighted by Gasteiger charge is -2.24. The molecule has 1 aliphatic rings. The third-order valence-electron chi connectivity index (χ3n) is 4.70. The van der Waals surface area contributed by atoms with E-state index < -0.39 is 11.9 Å².